The van der Waals surface area contributed by atoms with Crippen molar-refractivity contribution in [2.24, 2.45) is 0 Å². The third kappa shape index (κ3) is 6.44. The number of amides is 1. The number of hydrogen-bond donors (Lipinski definition) is 1. The van der Waals surface area contributed by atoms with E-state index in [1.54, 1.807) is 55.5 Å². The number of hydrogen-bond acceptors (Lipinski definition) is 7. The zero-order valence-electron chi connectivity index (χ0n) is 21.8. The van der Waals surface area contributed by atoms with Crippen LogP contribution in [0.5, 0.6) is 11.5 Å². The molecule has 204 valence electrons. The summed E-state index contributed by atoms with van der Waals surface area (Å²) in [6.45, 7) is 1.34. The molecule has 0 heterocycles. The molecule has 0 aromatic heterocycles. The minimum Gasteiger partial charge on any atom is -0.497 e. The van der Waals surface area contributed by atoms with Crippen LogP contribution in [0.3, 0.4) is 0 Å². The van der Waals surface area contributed by atoms with Gasteiger partial charge in [-0.25, -0.2) is 21.1 Å². The van der Waals surface area contributed by atoms with Gasteiger partial charge in [0.25, 0.3) is 10.0 Å². The van der Waals surface area contributed by atoms with Crippen LogP contribution in [-0.2, 0) is 31.4 Å². The van der Waals surface area contributed by atoms with Crippen LogP contribution in [0, 0.1) is 6.92 Å². The Morgan fingerprint density at radius 3 is 2.03 bits per heavy atom. The lowest BCUT2D eigenvalue weighted by Gasteiger charge is -2.25. The second kappa shape index (κ2) is 11.8. The van der Waals surface area contributed by atoms with E-state index >= 15 is 0 Å². The number of nitrogens with one attached hydrogen (secondary N) is 1. The zero-order valence-corrected chi connectivity index (χ0v) is 23.5. The monoisotopic (exact) mass is 561 g/mol. The summed E-state index contributed by atoms with van der Waals surface area (Å²) < 4.78 is 64.7. The first kappa shape index (κ1) is 29.0. The molecular weight excluding hydrogens is 530 g/mol. The molecular formula is C26H31N3O7S2. The van der Waals surface area contributed by atoms with Crippen LogP contribution in [0.2, 0.25) is 0 Å². The average molecular weight is 562 g/mol. The van der Waals surface area contributed by atoms with E-state index in [0.29, 0.717) is 16.9 Å². The Kier molecular flexibility index (Phi) is 9.02. The number of methoxy groups -OCH3 is 2. The van der Waals surface area contributed by atoms with Crippen LogP contribution in [0.1, 0.15) is 11.1 Å². The number of ether oxygens (including phenoxy) is 2. The lowest BCUT2D eigenvalue weighted by atomic mass is 10.2. The lowest BCUT2D eigenvalue weighted by molar-refractivity contribution is -0.119. The Hall–Kier alpha value is -3.61. The van der Waals surface area contributed by atoms with Gasteiger partial charge in [0, 0.05) is 20.6 Å². The van der Waals surface area contributed by atoms with E-state index < -0.39 is 32.5 Å². The quantitative estimate of drug-likeness (QED) is 0.382. The van der Waals surface area contributed by atoms with Crippen LogP contribution >= 0.6 is 0 Å². The predicted molar refractivity (Wildman–Crippen MR) is 144 cm³/mol. The Bertz CT molecular complexity index is 1490. The maximum Gasteiger partial charge on any atom is 0.268 e. The van der Waals surface area contributed by atoms with Crippen molar-refractivity contribution in [3.8, 4) is 11.5 Å². The summed E-state index contributed by atoms with van der Waals surface area (Å²) in [6.07, 6.45) is 0. The fourth-order valence-electron chi connectivity index (χ4n) is 3.54. The highest BCUT2D eigenvalue weighted by Gasteiger charge is 2.30. The van der Waals surface area contributed by atoms with Gasteiger partial charge in [-0.05, 0) is 66.6 Å². The first-order chi connectivity index (χ1) is 17.9. The Morgan fingerprint density at radius 1 is 0.842 bits per heavy atom. The van der Waals surface area contributed by atoms with Gasteiger partial charge >= 0.3 is 0 Å². The number of benzene rings is 3. The van der Waals surface area contributed by atoms with Crippen LogP contribution < -0.4 is 19.1 Å². The standard InChI is InChI=1S/C26H31N3O7S2/c1-19-6-15-24(36-5)25(16-19)38(33,34)29(21-9-11-22(35-4)12-10-21)18-26(30)27-17-20-7-13-23(14-8-20)37(31,32)28(2)3/h6-16H,17-18H2,1-5H3,(H,27,30). The van der Waals surface area contributed by atoms with E-state index in [-0.39, 0.29) is 27.8 Å². The van der Waals surface area contributed by atoms with Crippen molar-refractivity contribution >= 4 is 31.6 Å². The average Bonchev–Trinajstić information content (AvgIpc) is 2.90. The van der Waals surface area contributed by atoms with Gasteiger partial charge in [0.2, 0.25) is 15.9 Å². The molecule has 10 nitrogen and oxygen atoms in total. The SMILES string of the molecule is COc1ccc(N(CC(=O)NCc2ccc(S(=O)(=O)N(C)C)cc2)S(=O)(=O)c2cc(C)ccc2OC)cc1. The highest BCUT2D eigenvalue weighted by molar-refractivity contribution is 7.93. The van der Waals surface area contributed by atoms with Crippen LogP contribution in [0.25, 0.3) is 0 Å². The summed E-state index contributed by atoms with van der Waals surface area (Å²) >= 11 is 0. The normalized spacial score (nSPS) is 11.7. The molecule has 0 saturated carbocycles. The van der Waals surface area contributed by atoms with Crippen LogP contribution in [-0.4, -0.2) is 61.9 Å². The fraction of sp³-hybridized carbons (Fsp3) is 0.269. The molecule has 3 aromatic rings. The van der Waals surface area contributed by atoms with Crippen molar-refractivity contribution < 1.29 is 31.1 Å². The van der Waals surface area contributed by atoms with Gasteiger partial charge in [-0.3, -0.25) is 9.10 Å². The van der Waals surface area contributed by atoms with E-state index in [4.69, 9.17) is 9.47 Å². The highest BCUT2D eigenvalue weighted by Crippen LogP contribution is 2.31. The van der Waals surface area contributed by atoms with Crippen molar-refractivity contribution in [3.05, 3.63) is 77.9 Å². The molecule has 0 aliphatic carbocycles. The molecule has 12 heteroatoms. The van der Waals surface area contributed by atoms with Gasteiger partial charge in [-0.15, -0.1) is 0 Å². The van der Waals surface area contributed by atoms with Gasteiger partial charge in [0.1, 0.15) is 22.9 Å². The largest absolute Gasteiger partial charge is 0.497 e. The van der Waals surface area contributed by atoms with Gasteiger partial charge in [0.05, 0.1) is 24.8 Å². The number of aryl methyl sites for hydroxylation is 1. The minimum atomic E-state index is -4.21. The zero-order chi connectivity index (χ0) is 28.1. The molecule has 0 fully saturated rings. The Labute approximate surface area is 223 Å². The van der Waals surface area contributed by atoms with Gasteiger partial charge in [-0.2, -0.15) is 0 Å². The summed E-state index contributed by atoms with van der Waals surface area (Å²) in [5.41, 5.74) is 1.63. The molecule has 3 rings (SSSR count). The summed E-state index contributed by atoms with van der Waals surface area (Å²) in [5.74, 6) is 0.131. The molecule has 0 atom stereocenters. The van der Waals surface area contributed by atoms with E-state index in [1.165, 1.54) is 46.5 Å². The van der Waals surface area contributed by atoms with Crippen molar-refractivity contribution in [2.45, 2.75) is 23.3 Å². The summed E-state index contributed by atoms with van der Waals surface area (Å²) in [4.78, 5) is 13.0. The van der Waals surface area contributed by atoms with E-state index in [1.807, 2.05) is 0 Å². The van der Waals surface area contributed by atoms with Crippen molar-refractivity contribution in [1.82, 2.24) is 9.62 Å². The van der Waals surface area contributed by atoms with Crippen LogP contribution in [0.4, 0.5) is 5.69 Å². The molecule has 3 aromatic carbocycles. The molecule has 0 aliphatic rings. The first-order valence-electron chi connectivity index (χ1n) is 11.5. The second-order valence-electron chi connectivity index (χ2n) is 8.57. The Morgan fingerprint density at radius 2 is 1.47 bits per heavy atom. The third-order valence-corrected chi connectivity index (χ3v) is 9.35. The number of rotatable bonds is 11. The molecule has 1 N–H and O–H groups in total. The van der Waals surface area contributed by atoms with Crippen molar-refractivity contribution in [1.29, 1.82) is 0 Å². The van der Waals surface area contributed by atoms with Gasteiger partial charge < -0.3 is 14.8 Å². The number of carbonyl (C=O) groups is 1. The molecule has 0 unspecified atom stereocenters. The molecule has 38 heavy (non-hydrogen) atoms. The summed E-state index contributed by atoms with van der Waals surface area (Å²) in [5, 5.41) is 2.71. The highest BCUT2D eigenvalue weighted by atomic mass is 32.2. The molecule has 0 spiro atoms. The van der Waals surface area contributed by atoms with E-state index in [9.17, 15) is 21.6 Å². The lowest BCUT2D eigenvalue weighted by Crippen LogP contribution is -2.40. The predicted octanol–water partition coefficient (Wildman–Crippen LogP) is 2.77. The number of sulfonamides is 2. The maximum atomic E-state index is 13.8. The first-order valence-corrected chi connectivity index (χ1v) is 14.4. The van der Waals surface area contributed by atoms with E-state index in [0.717, 1.165) is 8.61 Å². The third-order valence-electron chi connectivity index (χ3n) is 5.73. The molecule has 0 bridgehead atoms. The Balaban J connectivity index is 1.86. The van der Waals surface area contributed by atoms with Crippen LogP contribution in [0.15, 0.2) is 76.5 Å². The maximum absolute atomic E-state index is 13.8. The summed E-state index contributed by atoms with van der Waals surface area (Å²) in [6, 6.07) is 17.2. The van der Waals surface area contributed by atoms with Gasteiger partial charge in [0.15, 0.2) is 0 Å². The molecule has 0 saturated heterocycles. The van der Waals surface area contributed by atoms with Gasteiger partial charge in [-0.1, -0.05) is 18.2 Å². The topological polar surface area (TPSA) is 122 Å². The minimum absolute atomic E-state index is 0.0682. The smallest absolute Gasteiger partial charge is 0.268 e. The van der Waals surface area contributed by atoms with Crippen molar-refractivity contribution in [2.75, 3.05) is 39.2 Å². The number of anilines is 1. The number of carbonyl (C=O) groups excluding carboxylic acids is 1. The second-order valence-corrected chi connectivity index (χ2v) is 12.6. The fourth-order valence-corrected chi connectivity index (χ4v) is 6.11. The number of nitrogens with zero attached hydrogens (tertiary/aromatic N) is 2. The van der Waals surface area contributed by atoms with Crippen molar-refractivity contribution in [3.63, 3.8) is 0 Å². The molecule has 0 aliphatic heterocycles. The molecule has 0 radical (unpaired) electrons. The summed E-state index contributed by atoms with van der Waals surface area (Å²) in [7, 11) is -2.03. The molecule has 1 amide bonds. The van der Waals surface area contributed by atoms with E-state index in [2.05, 4.69) is 5.32 Å².